The second-order valence-electron chi connectivity index (χ2n) is 4.66. The molecule has 1 fully saturated rings. The Morgan fingerprint density at radius 1 is 1.50 bits per heavy atom. The highest BCUT2D eigenvalue weighted by Crippen LogP contribution is 2.31. The molecule has 2 atom stereocenters. The van der Waals surface area contributed by atoms with Crippen molar-refractivity contribution in [2.45, 2.75) is 50.8 Å². The second-order valence-corrected chi connectivity index (χ2v) is 6.24. The van der Waals surface area contributed by atoms with Gasteiger partial charge in [0.05, 0.1) is 0 Å². The van der Waals surface area contributed by atoms with E-state index in [-0.39, 0.29) is 5.56 Å². The molecule has 1 aliphatic carbocycles. The average Bonchev–Trinajstić information content (AvgIpc) is 2.76. The van der Waals surface area contributed by atoms with Gasteiger partial charge in [0, 0.05) is 23.8 Å². The topological polar surface area (TPSA) is 57.8 Å². The molecular weight excluding hydrogens is 246 g/mol. The van der Waals surface area contributed by atoms with Crippen LogP contribution in [0.25, 0.3) is 0 Å². The Morgan fingerprint density at radius 2 is 2.33 bits per heavy atom. The summed E-state index contributed by atoms with van der Waals surface area (Å²) in [7, 11) is 0. The molecule has 2 N–H and O–H groups in total. The van der Waals surface area contributed by atoms with Crippen LogP contribution in [0, 0.1) is 0 Å². The van der Waals surface area contributed by atoms with Crippen LogP contribution in [0.5, 0.6) is 0 Å². The summed E-state index contributed by atoms with van der Waals surface area (Å²) in [5.41, 5.74) is -0.0677. The fraction of sp³-hybridized carbons (Fsp3) is 0.692. The number of anilines is 1. The van der Waals surface area contributed by atoms with Crippen molar-refractivity contribution >= 4 is 17.6 Å². The maximum atomic E-state index is 11.5. The van der Waals surface area contributed by atoms with Crippen molar-refractivity contribution in [2.24, 2.45) is 0 Å². The third-order valence-electron chi connectivity index (χ3n) is 3.26. The van der Waals surface area contributed by atoms with Gasteiger partial charge in [-0.1, -0.05) is 13.8 Å². The van der Waals surface area contributed by atoms with Gasteiger partial charge in [-0.05, 0) is 25.0 Å². The molecule has 0 aliphatic heterocycles. The van der Waals surface area contributed by atoms with Gasteiger partial charge in [0.25, 0.3) is 5.56 Å². The van der Waals surface area contributed by atoms with Crippen molar-refractivity contribution < 1.29 is 0 Å². The number of nitrogens with one attached hydrogen (secondary N) is 2. The van der Waals surface area contributed by atoms with Gasteiger partial charge in [-0.15, -0.1) is 0 Å². The van der Waals surface area contributed by atoms with Crippen LogP contribution in [0.4, 0.5) is 5.82 Å². The number of thioether (sulfide) groups is 1. The van der Waals surface area contributed by atoms with Crippen LogP contribution in [-0.2, 0) is 6.42 Å². The molecule has 0 amide bonds. The molecule has 0 aromatic carbocycles. The Labute approximate surface area is 112 Å². The summed E-state index contributed by atoms with van der Waals surface area (Å²) in [5.74, 6) is 2.66. The molecule has 0 bridgehead atoms. The van der Waals surface area contributed by atoms with E-state index in [0.29, 0.717) is 6.04 Å². The summed E-state index contributed by atoms with van der Waals surface area (Å²) < 4.78 is 0. The molecule has 1 aromatic heterocycles. The van der Waals surface area contributed by atoms with E-state index >= 15 is 0 Å². The van der Waals surface area contributed by atoms with E-state index < -0.39 is 0 Å². The second kappa shape index (κ2) is 6.27. The minimum atomic E-state index is -0.0677. The van der Waals surface area contributed by atoms with E-state index in [9.17, 15) is 4.79 Å². The minimum Gasteiger partial charge on any atom is -0.367 e. The zero-order valence-corrected chi connectivity index (χ0v) is 11.8. The zero-order chi connectivity index (χ0) is 13.0. The average molecular weight is 267 g/mol. The van der Waals surface area contributed by atoms with Crippen molar-refractivity contribution in [2.75, 3.05) is 11.1 Å². The first kappa shape index (κ1) is 13.5. The molecule has 1 heterocycles. The number of hydrogen-bond donors (Lipinski definition) is 2. The van der Waals surface area contributed by atoms with Crippen LogP contribution in [0.2, 0.25) is 0 Å². The number of aromatic nitrogens is 2. The standard InChI is InChI=1S/C13H21N3OS/c1-3-11-15-12(8-13(17)16-11)14-9-5-6-10(7-9)18-4-2/h8-10H,3-7H2,1-2H3,(H2,14,15,16,17). The van der Waals surface area contributed by atoms with Crippen LogP contribution in [-0.4, -0.2) is 27.0 Å². The maximum absolute atomic E-state index is 11.5. The highest BCUT2D eigenvalue weighted by atomic mass is 32.2. The first-order valence-corrected chi connectivity index (χ1v) is 7.74. The third kappa shape index (κ3) is 3.51. The van der Waals surface area contributed by atoms with Gasteiger partial charge in [-0.25, -0.2) is 4.98 Å². The van der Waals surface area contributed by atoms with E-state index in [1.165, 1.54) is 25.0 Å². The molecule has 2 rings (SSSR count). The smallest absolute Gasteiger partial charge is 0.252 e. The lowest BCUT2D eigenvalue weighted by molar-refractivity contribution is 0.747. The van der Waals surface area contributed by atoms with Gasteiger partial charge in [0.15, 0.2) is 0 Å². The lowest BCUT2D eigenvalue weighted by atomic mass is 10.2. The van der Waals surface area contributed by atoms with E-state index in [2.05, 4.69) is 22.2 Å². The molecule has 4 nitrogen and oxygen atoms in total. The molecule has 1 aliphatic rings. The summed E-state index contributed by atoms with van der Waals surface area (Å²) in [6.45, 7) is 4.20. The number of aromatic amines is 1. The molecule has 18 heavy (non-hydrogen) atoms. The summed E-state index contributed by atoms with van der Waals surface area (Å²) in [6, 6.07) is 2.02. The molecule has 5 heteroatoms. The summed E-state index contributed by atoms with van der Waals surface area (Å²) in [4.78, 5) is 18.6. The highest BCUT2D eigenvalue weighted by Gasteiger charge is 2.24. The van der Waals surface area contributed by atoms with Crippen molar-refractivity contribution in [1.82, 2.24) is 9.97 Å². The van der Waals surface area contributed by atoms with E-state index in [1.54, 1.807) is 6.07 Å². The van der Waals surface area contributed by atoms with Gasteiger partial charge in [-0.2, -0.15) is 11.8 Å². The first-order chi connectivity index (χ1) is 8.71. The molecule has 0 saturated heterocycles. The molecule has 0 radical (unpaired) electrons. The largest absolute Gasteiger partial charge is 0.367 e. The molecular formula is C13H21N3OS. The molecule has 0 spiro atoms. The van der Waals surface area contributed by atoms with Crippen molar-refractivity contribution in [3.05, 3.63) is 22.2 Å². The maximum Gasteiger partial charge on any atom is 0.252 e. The van der Waals surface area contributed by atoms with Crippen molar-refractivity contribution in [1.29, 1.82) is 0 Å². The predicted octanol–water partition coefficient (Wildman–Crippen LogP) is 2.42. The number of aryl methyl sites for hydroxylation is 1. The predicted molar refractivity (Wildman–Crippen MR) is 77.4 cm³/mol. The normalized spacial score (nSPS) is 23.2. The fourth-order valence-corrected chi connectivity index (χ4v) is 3.56. The highest BCUT2D eigenvalue weighted by molar-refractivity contribution is 7.99. The molecule has 1 aromatic rings. The van der Waals surface area contributed by atoms with Gasteiger partial charge in [0.2, 0.25) is 0 Å². The van der Waals surface area contributed by atoms with Gasteiger partial charge in [0.1, 0.15) is 11.6 Å². The first-order valence-electron chi connectivity index (χ1n) is 6.69. The Morgan fingerprint density at radius 3 is 3.06 bits per heavy atom. The third-order valence-corrected chi connectivity index (χ3v) is 4.50. The number of rotatable bonds is 5. The van der Waals surface area contributed by atoms with Crippen LogP contribution >= 0.6 is 11.8 Å². The van der Waals surface area contributed by atoms with Crippen molar-refractivity contribution in [3.63, 3.8) is 0 Å². The zero-order valence-electron chi connectivity index (χ0n) is 11.0. The summed E-state index contributed by atoms with van der Waals surface area (Å²) in [5, 5.41) is 4.16. The number of nitrogens with zero attached hydrogens (tertiary/aromatic N) is 1. The Balaban J connectivity index is 1.98. The van der Waals surface area contributed by atoms with Crippen LogP contribution in [0.15, 0.2) is 10.9 Å². The van der Waals surface area contributed by atoms with E-state index in [0.717, 1.165) is 23.3 Å². The quantitative estimate of drug-likeness (QED) is 0.860. The summed E-state index contributed by atoms with van der Waals surface area (Å²) >= 11 is 2.04. The summed E-state index contributed by atoms with van der Waals surface area (Å²) in [6.07, 6.45) is 4.37. The Hall–Kier alpha value is -0.970. The van der Waals surface area contributed by atoms with Crippen molar-refractivity contribution in [3.8, 4) is 0 Å². The van der Waals surface area contributed by atoms with Crippen LogP contribution in [0.1, 0.15) is 38.9 Å². The van der Waals surface area contributed by atoms with Gasteiger partial charge >= 0.3 is 0 Å². The number of H-pyrrole nitrogens is 1. The molecule has 100 valence electrons. The van der Waals surface area contributed by atoms with Gasteiger partial charge in [-0.3, -0.25) is 4.79 Å². The lowest BCUT2D eigenvalue weighted by Crippen LogP contribution is -2.20. The van der Waals surface area contributed by atoms with Crippen LogP contribution in [0.3, 0.4) is 0 Å². The fourth-order valence-electron chi connectivity index (χ4n) is 2.42. The lowest BCUT2D eigenvalue weighted by Gasteiger charge is -2.14. The Bertz CT molecular complexity index is 446. The molecule has 2 unspecified atom stereocenters. The SMILES string of the molecule is CCSC1CCC(Nc2cc(=O)[nH]c(CC)n2)C1. The number of hydrogen-bond acceptors (Lipinski definition) is 4. The Kier molecular flexibility index (Phi) is 4.69. The van der Waals surface area contributed by atoms with Gasteiger partial charge < -0.3 is 10.3 Å². The monoisotopic (exact) mass is 267 g/mol. The van der Waals surface area contributed by atoms with Crippen LogP contribution < -0.4 is 10.9 Å². The molecule has 1 saturated carbocycles. The minimum absolute atomic E-state index is 0.0677. The van der Waals surface area contributed by atoms with E-state index in [1.807, 2.05) is 18.7 Å². The van der Waals surface area contributed by atoms with E-state index in [4.69, 9.17) is 0 Å².